The summed E-state index contributed by atoms with van der Waals surface area (Å²) in [6.07, 6.45) is 0.870. The Balaban J connectivity index is 1.84. The smallest absolute Gasteiger partial charge is 0.407 e. The Kier molecular flexibility index (Phi) is 6.02. The summed E-state index contributed by atoms with van der Waals surface area (Å²) in [5.74, 6) is -0.449. The number of hydrogen-bond donors (Lipinski definition) is 2. The zero-order valence-electron chi connectivity index (χ0n) is 14.9. The number of benzene rings is 2. The summed E-state index contributed by atoms with van der Waals surface area (Å²) < 4.78 is 14.2. The Morgan fingerprint density at radius 3 is 2.67 bits per heavy atom. The van der Waals surface area contributed by atoms with Gasteiger partial charge in [0.05, 0.1) is 5.60 Å². The Labute approximate surface area is 163 Å². The molecule has 1 fully saturated rings. The predicted molar refractivity (Wildman–Crippen MR) is 103 cm³/mol. The monoisotopic (exact) mass is 391 g/mol. The zero-order chi connectivity index (χ0) is 19.4. The van der Waals surface area contributed by atoms with E-state index in [1.165, 1.54) is 11.0 Å². The van der Waals surface area contributed by atoms with Crippen LogP contribution in [-0.4, -0.2) is 39.4 Å². The number of nitrogens with zero attached hydrogens (tertiary/aromatic N) is 1. The van der Waals surface area contributed by atoms with E-state index in [-0.39, 0.29) is 18.9 Å². The van der Waals surface area contributed by atoms with E-state index in [1.54, 1.807) is 12.1 Å². The van der Waals surface area contributed by atoms with Crippen molar-refractivity contribution >= 4 is 17.7 Å². The minimum Gasteiger partial charge on any atom is -0.465 e. The summed E-state index contributed by atoms with van der Waals surface area (Å²) in [5.41, 5.74) is 0.234. The van der Waals surface area contributed by atoms with Crippen molar-refractivity contribution in [2.24, 2.45) is 0 Å². The van der Waals surface area contributed by atoms with Crippen molar-refractivity contribution in [2.45, 2.75) is 43.7 Å². The molecule has 1 aliphatic heterocycles. The maximum Gasteiger partial charge on any atom is 0.407 e. The molecule has 0 aliphatic carbocycles. The van der Waals surface area contributed by atoms with Gasteiger partial charge in [-0.2, -0.15) is 0 Å². The molecule has 4 nitrogen and oxygen atoms in total. The van der Waals surface area contributed by atoms with Crippen LogP contribution in [0, 0.1) is 5.82 Å². The number of carboxylic acid groups (broad SMARTS) is 1. The highest BCUT2D eigenvalue weighted by atomic mass is 35.5. The summed E-state index contributed by atoms with van der Waals surface area (Å²) in [6, 6.07) is 13.7. The van der Waals surface area contributed by atoms with Crippen molar-refractivity contribution in [3.05, 3.63) is 70.5 Å². The molecule has 2 aromatic carbocycles. The summed E-state index contributed by atoms with van der Waals surface area (Å²) in [7, 11) is 0. The lowest BCUT2D eigenvalue weighted by Crippen LogP contribution is -2.44. The van der Waals surface area contributed by atoms with E-state index in [0.29, 0.717) is 36.4 Å². The third-order valence-electron chi connectivity index (χ3n) is 5.19. The second-order valence-corrected chi connectivity index (χ2v) is 7.70. The van der Waals surface area contributed by atoms with Crippen LogP contribution in [0.2, 0.25) is 5.02 Å². The third-order valence-corrected chi connectivity index (χ3v) is 5.43. The number of likely N-dealkylation sites (tertiary alicyclic amines) is 1. The Bertz CT molecular complexity index is 801. The van der Waals surface area contributed by atoms with Gasteiger partial charge in [0, 0.05) is 24.0 Å². The molecule has 0 saturated carbocycles. The minimum atomic E-state index is -1.17. The first-order valence-electron chi connectivity index (χ1n) is 9.06. The van der Waals surface area contributed by atoms with Gasteiger partial charge in [0.2, 0.25) is 0 Å². The van der Waals surface area contributed by atoms with Crippen LogP contribution in [0.4, 0.5) is 9.18 Å². The van der Waals surface area contributed by atoms with Gasteiger partial charge in [0.25, 0.3) is 0 Å². The van der Waals surface area contributed by atoms with E-state index in [2.05, 4.69) is 0 Å². The maximum absolute atomic E-state index is 14.2. The quantitative estimate of drug-likeness (QED) is 0.805. The SMILES string of the molecule is O=C(O)N1CCCC(O)(Cc2ccc(Cl)cc2F)CC1Cc1ccccc1. The number of halogens is 2. The van der Waals surface area contributed by atoms with Crippen LogP contribution in [0.1, 0.15) is 30.4 Å². The van der Waals surface area contributed by atoms with Gasteiger partial charge in [-0.05, 0) is 48.9 Å². The lowest BCUT2D eigenvalue weighted by atomic mass is 9.84. The Morgan fingerprint density at radius 2 is 2.00 bits per heavy atom. The number of rotatable bonds is 4. The molecule has 1 aliphatic rings. The fourth-order valence-corrected chi connectivity index (χ4v) is 4.07. The number of carbonyl (C=O) groups is 1. The highest BCUT2D eigenvalue weighted by Crippen LogP contribution is 2.32. The molecule has 0 bridgehead atoms. The molecule has 0 spiro atoms. The lowest BCUT2D eigenvalue weighted by Gasteiger charge is -2.33. The first-order chi connectivity index (χ1) is 12.9. The molecule has 144 valence electrons. The molecule has 2 aromatic rings. The second-order valence-electron chi connectivity index (χ2n) is 7.26. The summed E-state index contributed by atoms with van der Waals surface area (Å²) in [4.78, 5) is 13.1. The van der Waals surface area contributed by atoms with Gasteiger partial charge < -0.3 is 15.1 Å². The zero-order valence-corrected chi connectivity index (χ0v) is 15.7. The van der Waals surface area contributed by atoms with E-state index in [9.17, 15) is 19.4 Å². The standard InChI is InChI=1S/C21H23ClFNO3/c22-17-8-7-16(19(23)12-17)13-21(27)9-4-10-24(20(25)26)18(14-21)11-15-5-2-1-3-6-15/h1-3,5-8,12,18,27H,4,9-11,13-14H2,(H,25,26). The van der Waals surface area contributed by atoms with Gasteiger partial charge in [-0.1, -0.05) is 48.0 Å². The number of amides is 1. The number of aliphatic hydroxyl groups is 1. The Hall–Kier alpha value is -2.11. The molecule has 1 saturated heterocycles. The number of hydrogen-bond acceptors (Lipinski definition) is 2. The van der Waals surface area contributed by atoms with E-state index in [1.807, 2.05) is 30.3 Å². The molecular formula is C21H23ClFNO3. The molecule has 1 heterocycles. The summed E-state index contributed by atoms with van der Waals surface area (Å²) in [6.45, 7) is 0.359. The molecule has 2 atom stereocenters. The molecule has 2 N–H and O–H groups in total. The van der Waals surface area contributed by atoms with Crippen molar-refractivity contribution < 1.29 is 19.4 Å². The molecule has 2 unspecified atom stereocenters. The largest absolute Gasteiger partial charge is 0.465 e. The van der Waals surface area contributed by atoms with Crippen molar-refractivity contribution in [1.29, 1.82) is 0 Å². The molecule has 1 amide bonds. The molecular weight excluding hydrogens is 369 g/mol. The van der Waals surface area contributed by atoms with E-state index >= 15 is 0 Å². The van der Waals surface area contributed by atoms with Crippen LogP contribution in [0.5, 0.6) is 0 Å². The second kappa shape index (κ2) is 8.28. The third kappa shape index (κ3) is 4.99. The van der Waals surface area contributed by atoms with E-state index in [0.717, 1.165) is 5.56 Å². The molecule has 27 heavy (non-hydrogen) atoms. The first-order valence-corrected chi connectivity index (χ1v) is 9.44. The molecule has 3 rings (SSSR count). The van der Waals surface area contributed by atoms with Crippen LogP contribution >= 0.6 is 11.6 Å². The van der Waals surface area contributed by atoms with Crippen LogP contribution in [0.25, 0.3) is 0 Å². The van der Waals surface area contributed by atoms with Crippen molar-refractivity contribution in [1.82, 2.24) is 4.90 Å². The van der Waals surface area contributed by atoms with Crippen LogP contribution < -0.4 is 0 Å². The molecule has 6 heteroatoms. The Morgan fingerprint density at radius 1 is 1.26 bits per heavy atom. The summed E-state index contributed by atoms with van der Waals surface area (Å²) in [5, 5.41) is 21.2. The fraction of sp³-hybridized carbons (Fsp3) is 0.381. The minimum absolute atomic E-state index is 0.134. The van der Waals surface area contributed by atoms with Crippen LogP contribution in [0.15, 0.2) is 48.5 Å². The van der Waals surface area contributed by atoms with Gasteiger partial charge in [0.15, 0.2) is 0 Å². The lowest BCUT2D eigenvalue weighted by molar-refractivity contribution is 0.0126. The van der Waals surface area contributed by atoms with Crippen molar-refractivity contribution in [2.75, 3.05) is 6.54 Å². The van der Waals surface area contributed by atoms with Crippen molar-refractivity contribution in [3.8, 4) is 0 Å². The van der Waals surface area contributed by atoms with Gasteiger partial charge >= 0.3 is 6.09 Å². The first kappa shape index (κ1) is 19.6. The average molecular weight is 392 g/mol. The maximum atomic E-state index is 14.2. The highest BCUT2D eigenvalue weighted by Gasteiger charge is 2.38. The normalized spacial score (nSPS) is 23.1. The van der Waals surface area contributed by atoms with Crippen molar-refractivity contribution in [3.63, 3.8) is 0 Å². The van der Waals surface area contributed by atoms with Crippen LogP contribution in [-0.2, 0) is 12.8 Å². The highest BCUT2D eigenvalue weighted by molar-refractivity contribution is 6.30. The van der Waals surface area contributed by atoms with E-state index in [4.69, 9.17) is 11.6 Å². The topological polar surface area (TPSA) is 60.8 Å². The predicted octanol–water partition coefficient (Wildman–Crippen LogP) is 4.53. The average Bonchev–Trinajstić information content (AvgIpc) is 2.77. The van der Waals surface area contributed by atoms with Gasteiger partial charge in [-0.3, -0.25) is 0 Å². The van der Waals surface area contributed by atoms with Gasteiger partial charge in [-0.25, -0.2) is 9.18 Å². The van der Waals surface area contributed by atoms with Gasteiger partial charge in [-0.15, -0.1) is 0 Å². The van der Waals surface area contributed by atoms with Gasteiger partial charge in [0.1, 0.15) is 5.82 Å². The van der Waals surface area contributed by atoms with E-state index < -0.39 is 17.5 Å². The molecule has 0 aromatic heterocycles. The molecule has 0 radical (unpaired) electrons. The fourth-order valence-electron chi connectivity index (χ4n) is 3.91. The summed E-state index contributed by atoms with van der Waals surface area (Å²) >= 11 is 5.81. The van der Waals surface area contributed by atoms with Crippen LogP contribution in [0.3, 0.4) is 0 Å².